The maximum atomic E-state index is 11.7. The summed E-state index contributed by atoms with van der Waals surface area (Å²) in [6, 6.07) is 0. The van der Waals surface area contributed by atoms with Gasteiger partial charge in [-0.15, -0.1) is 0 Å². The molecular formula is C10H20ClNO2. The van der Waals surface area contributed by atoms with E-state index in [1.807, 2.05) is 0 Å². The van der Waals surface area contributed by atoms with E-state index < -0.39 is 5.72 Å². The molecule has 0 spiro atoms. The Morgan fingerprint density at radius 1 is 1.43 bits per heavy atom. The van der Waals surface area contributed by atoms with E-state index in [1.165, 1.54) is 0 Å². The monoisotopic (exact) mass is 221 g/mol. The van der Waals surface area contributed by atoms with Crippen LogP contribution in [-0.2, 0) is 4.79 Å². The predicted octanol–water partition coefficient (Wildman–Crippen LogP) is -2.06. The highest BCUT2D eigenvalue weighted by Gasteiger charge is 2.46. The minimum Gasteiger partial charge on any atom is -1.00 e. The number of nitrogens with zero attached hydrogens (tertiary/aromatic N) is 1. The van der Waals surface area contributed by atoms with Crippen LogP contribution in [0, 0.1) is 0 Å². The second-order valence-corrected chi connectivity index (χ2v) is 4.29. The molecule has 0 aromatic carbocycles. The number of likely N-dealkylation sites (N-methyl/N-ethyl adjacent to an activating group) is 1. The number of hydrogen-bond acceptors (Lipinski definition) is 2. The van der Waals surface area contributed by atoms with Gasteiger partial charge in [0, 0.05) is 6.42 Å². The Morgan fingerprint density at radius 3 is 1.86 bits per heavy atom. The molecule has 0 aliphatic carbocycles. The van der Waals surface area contributed by atoms with Gasteiger partial charge >= 0.3 is 0 Å². The number of carbonyl (C=O) groups excluding carboxylic acids is 1. The number of ketones is 1. The second-order valence-electron chi connectivity index (χ2n) is 4.29. The normalized spacial score (nSPS) is 15.3. The molecule has 0 aliphatic rings. The second kappa shape index (κ2) is 4.91. The highest BCUT2D eigenvalue weighted by Crippen LogP contribution is 2.23. The van der Waals surface area contributed by atoms with Gasteiger partial charge in [0.25, 0.3) is 5.72 Å². The van der Waals surface area contributed by atoms with E-state index in [1.54, 1.807) is 35.0 Å². The first-order chi connectivity index (χ1) is 5.66. The zero-order chi connectivity index (χ0) is 10.9. The van der Waals surface area contributed by atoms with Gasteiger partial charge in [-0.1, -0.05) is 13.5 Å². The van der Waals surface area contributed by atoms with Crippen LogP contribution in [0.5, 0.6) is 0 Å². The van der Waals surface area contributed by atoms with Crippen LogP contribution in [0.1, 0.15) is 20.3 Å². The summed E-state index contributed by atoms with van der Waals surface area (Å²) in [5, 5.41) is 10.2. The zero-order valence-corrected chi connectivity index (χ0v) is 10.4. The van der Waals surface area contributed by atoms with E-state index in [9.17, 15) is 9.90 Å². The summed E-state index contributed by atoms with van der Waals surface area (Å²) in [6.45, 7) is 6.98. The van der Waals surface area contributed by atoms with Gasteiger partial charge in [0.2, 0.25) is 5.78 Å². The van der Waals surface area contributed by atoms with Crippen molar-refractivity contribution in [1.29, 1.82) is 0 Å². The topological polar surface area (TPSA) is 37.3 Å². The molecule has 0 fully saturated rings. The molecule has 0 heterocycles. The highest BCUT2D eigenvalue weighted by atomic mass is 35.5. The first-order valence-electron chi connectivity index (χ1n) is 4.41. The van der Waals surface area contributed by atoms with Crippen molar-refractivity contribution < 1.29 is 26.8 Å². The number of quaternary nitrogens is 1. The Balaban J connectivity index is 0. The van der Waals surface area contributed by atoms with Crippen LogP contribution in [-0.4, -0.2) is 42.2 Å². The highest BCUT2D eigenvalue weighted by molar-refractivity contribution is 5.99. The predicted molar refractivity (Wildman–Crippen MR) is 53.1 cm³/mol. The van der Waals surface area contributed by atoms with Crippen molar-refractivity contribution in [2.75, 3.05) is 21.1 Å². The van der Waals surface area contributed by atoms with E-state index in [0.717, 1.165) is 0 Å². The first-order valence-corrected chi connectivity index (χ1v) is 4.41. The maximum absolute atomic E-state index is 11.7. The van der Waals surface area contributed by atoms with Gasteiger partial charge in [-0.3, -0.25) is 9.28 Å². The van der Waals surface area contributed by atoms with Crippen molar-refractivity contribution >= 4 is 5.78 Å². The molecule has 1 atom stereocenters. The molecular weight excluding hydrogens is 202 g/mol. The average Bonchev–Trinajstić information content (AvgIpc) is 1.99. The Morgan fingerprint density at radius 2 is 1.79 bits per heavy atom. The van der Waals surface area contributed by atoms with E-state index in [4.69, 9.17) is 0 Å². The number of aliphatic hydroxyl groups is 1. The molecule has 1 N–H and O–H groups in total. The van der Waals surface area contributed by atoms with Crippen LogP contribution in [0.2, 0.25) is 0 Å². The van der Waals surface area contributed by atoms with Crippen molar-refractivity contribution in [2.24, 2.45) is 0 Å². The van der Waals surface area contributed by atoms with E-state index in [-0.39, 0.29) is 22.7 Å². The standard InChI is InChI=1S/C10H20NO2.ClH/c1-7-10(13,11(4,5)6)9(12)8(2)3;/h13H,2,7H2,1,3-6H3;1H/q+1;/p-1. The van der Waals surface area contributed by atoms with E-state index >= 15 is 0 Å². The minimum absolute atomic E-state index is 0. The Bertz CT molecular complexity index is 233. The Labute approximate surface area is 92.4 Å². The minimum atomic E-state index is -1.34. The quantitative estimate of drug-likeness (QED) is 0.337. The SMILES string of the molecule is C=C(C)C(=O)C(O)(CC)[N+](C)(C)C.[Cl-]. The van der Waals surface area contributed by atoms with Gasteiger partial charge in [-0.2, -0.15) is 0 Å². The van der Waals surface area contributed by atoms with Gasteiger partial charge < -0.3 is 17.5 Å². The average molecular weight is 222 g/mol. The fraction of sp³-hybridized carbons (Fsp3) is 0.700. The van der Waals surface area contributed by atoms with Crippen molar-refractivity contribution in [1.82, 2.24) is 0 Å². The molecule has 84 valence electrons. The lowest BCUT2D eigenvalue weighted by Gasteiger charge is -2.40. The van der Waals surface area contributed by atoms with Crippen LogP contribution in [0.4, 0.5) is 0 Å². The van der Waals surface area contributed by atoms with E-state index in [0.29, 0.717) is 12.0 Å². The molecule has 0 bridgehead atoms. The van der Waals surface area contributed by atoms with E-state index in [2.05, 4.69) is 6.58 Å². The van der Waals surface area contributed by atoms with Crippen molar-refractivity contribution in [3.05, 3.63) is 12.2 Å². The van der Waals surface area contributed by atoms with Gasteiger partial charge in [0.05, 0.1) is 21.1 Å². The molecule has 14 heavy (non-hydrogen) atoms. The molecule has 0 aromatic heterocycles. The lowest BCUT2D eigenvalue weighted by Crippen LogP contribution is -3.00. The summed E-state index contributed by atoms with van der Waals surface area (Å²) >= 11 is 0. The third-order valence-corrected chi connectivity index (χ3v) is 2.35. The smallest absolute Gasteiger partial charge is 0.264 e. The lowest BCUT2D eigenvalue weighted by atomic mass is 9.97. The number of halogens is 1. The molecule has 0 amide bonds. The number of hydrogen-bond donors (Lipinski definition) is 1. The largest absolute Gasteiger partial charge is 1.00 e. The third-order valence-electron chi connectivity index (χ3n) is 2.35. The fourth-order valence-electron chi connectivity index (χ4n) is 1.28. The van der Waals surface area contributed by atoms with Crippen LogP contribution in [0.25, 0.3) is 0 Å². The van der Waals surface area contributed by atoms with Crippen LogP contribution in [0.15, 0.2) is 12.2 Å². The van der Waals surface area contributed by atoms with Crippen LogP contribution in [0.3, 0.4) is 0 Å². The summed E-state index contributed by atoms with van der Waals surface area (Å²) in [5.41, 5.74) is -0.941. The van der Waals surface area contributed by atoms with Gasteiger partial charge in [0.15, 0.2) is 0 Å². The molecule has 0 saturated carbocycles. The summed E-state index contributed by atoms with van der Waals surface area (Å²) in [7, 11) is 5.39. The Kier molecular flexibility index (Phi) is 5.64. The number of rotatable bonds is 4. The molecule has 0 aromatic rings. The van der Waals surface area contributed by atoms with Crippen LogP contribution >= 0.6 is 0 Å². The lowest BCUT2D eigenvalue weighted by molar-refractivity contribution is -0.937. The van der Waals surface area contributed by atoms with Crippen molar-refractivity contribution in [2.45, 2.75) is 26.0 Å². The summed E-state index contributed by atoms with van der Waals surface area (Å²) in [5.74, 6) is -0.275. The molecule has 1 unspecified atom stereocenters. The number of Topliss-reactive ketones (excluding diaryl/α,β-unsaturated/α-hetero) is 1. The maximum Gasteiger partial charge on any atom is 0.264 e. The summed E-state index contributed by atoms with van der Waals surface area (Å²) < 4.78 is 0.204. The zero-order valence-electron chi connectivity index (χ0n) is 9.59. The van der Waals surface area contributed by atoms with Gasteiger partial charge in [-0.05, 0) is 12.5 Å². The summed E-state index contributed by atoms with van der Waals surface area (Å²) in [6.07, 6.45) is 0.391. The third kappa shape index (κ3) is 2.80. The molecule has 0 saturated heterocycles. The molecule has 3 nitrogen and oxygen atoms in total. The van der Waals surface area contributed by atoms with Gasteiger partial charge in [-0.25, -0.2) is 0 Å². The summed E-state index contributed by atoms with van der Waals surface area (Å²) in [4.78, 5) is 11.7. The Hall–Kier alpha value is -0.380. The van der Waals surface area contributed by atoms with Crippen LogP contribution < -0.4 is 12.4 Å². The van der Waals surface area contributed by atoms with Crippen molar-refractivity contribution in [3.63, 3.8) is 0 Å². The van der Waals surface area contributed by atoms with Gasteiger partial charge in [0.1, 0.15) is 0 Å². The molecule has 0 aliphatic heterocycles. The molecule has 0 rings (SSSR count). The molecule has 4 heteroatoms. The fourth-order valence-corrected chi connectivity index (χ4v) is 1.28. The molecule has 0 radical (unpaired) electrons. The number of carbonyl (C=O) groups is 1. The first kappa shape index (κ1) is 16.1. The van der Waals surface area contributed by atoms with Crippen molar-refractivity contribution in [3.8, 4) is 0 Å².